The number of aliphatic hydroxyl groups is 1. The van der Waals surface area contributed by atoms with E-state index in [1.807, 2.05) is 0 Å². The van der Waals surface area contributed by atoms with Crippen molar-refractivity contribution in [2.24, 2.45) is 0 Å². The fourth-order valence-electron chi connectivity index (χ4n) is 2.01. The van der Waals surface area contributed by atoms with Crippen LogP contribution < -0.4 is 0 Å². The maximum atomic E-state index is 13.1. The first kappa shape index (κ1) is 11.8. The number of rotatable bonds is 3. The number of aromatic hydroxyl groups is 1. The van der Waals surface area contributed by atoms with E-state index >= 15 is 0 Å². The zero-order valence-corrected chi connectivity index (χ0v) is 8.65. The van der Waals surface area contributed by atoms with Crippen LogP contribution in [-0.2, 0) is 10.2 Å². The van der Waals surface area contributed by atoms with Crippen molar-refractivity contribution < 1.29 is 28.9 Å². The second-order valence-corrected chi connectivity index (χ2v) is 4.18. The first-order valence-corrected chi connectivity index (χ1v) is 4.98. The van der Waals surface area contributed by atoms with E-state index in [9.17, 15) is 23.8 Å². The number of phenols is 1. The molecule has 1 fully saturated rings. The largest absolute Gasteiger partial charge is 0.505 e. The molecule has 0 aromatic heterocycles. The Morgan fingerprint density at radius 3 is 2.41 bits per heavy atom. The molecule has 0 heterocycles. The van der Waals surface area contributed by atoms with Gasteiger partial charge in [-0.1, -0.05) is 0 Å². The zero-order valence-electron chi connectivity index (χ0n) is 8.65. The molecule has 1 aromatic carbocycles. The molecule has 1 aliphatic rings. The predicted octanol–water partition coefficient (Wildman–Crippen LogP) is 1.15. The normalized spacial score (nSPS) is 18.8. The number of carbonyl (C=O) groups is 1. The van der Waals surface area contributed by atoms with E-state index in [1.54, 1.807) is 0 Å². The molecule has 0 aliphatic heterocycles. The SMILES string of the molecule is O=C(O)C(O)C1(c2cc(F)cc(F)c2O)CC1. The van der Waals surface area contributed by atoms with E-state index in [0.29, 0.717) is 6.07 Å². The molecule has 2 rings (SSSR count). The van der Waals surface area contributed by atoms with E-state index < -0.39 is 34.9 Å². The van der Waals surface area contributed by atoms with Gasteiger partial charge in [0.05, 0.1) is 0 Å². The van der Waals surface area contributed by atoms with Crippen LogP contribution in [-0.4, -0.2) is 27.4 Å². The third-order valence-electron chi connectivity index (χ3n) is 3.11. The fraction of sp³-hybridized carbons (Fsp3) is 0.364. The summed E-state index contributed by atoms with van der Waals surface area (Å²) in [7, 11) is 0. The summed E-state index contributed by atoms with van der Waals surface area (Å²) in [5.41, 5.74) is -1.47. The lowest BCUT2D eigenvalue weighted by Crippen LogP contribution is -2.34. The minimum Gasteiger partial charge on any atom is -0.505 e. The summed E-state index contributed by atoms with van der Waals surface area (Å²) in [5, 5.41) is 27.7. The van der Waals surface area contributed by atoms with E-state index in [2.05, 4.69) is 0 Å². The van der Waals surface area contributed by atoms with Crippen LogP contribution in [0.5, 0.6) is 5.75 Å². The molecule has 0 radical (unpaired) electrons. The van der Waals surface area contributed by atoms with Crippen molar-refractivity contribution in [3.8, 4) is 5.75 Å². The van der Waals surface area contributed by atoms with Crippen LogP contribution in [0.2, 0.25) is 0 Å². The minimum atomic E-state index is -1.78. The Labute approximate surface area is 95.1 Å². The quantitative estimate of drug-likeness (QED) is 0.745. The summed E-state index contributed by atoms with van der Waals surface area (Å²) in [6.45, 7) is 0. The van der Waals surface area contributed by atoms with Crippen LogP contribution in [0.25, 0.3) is 0 Å². The molecule has 1 aromatic rings. The molecule has 1 aliphatic carbocycles. The van der Waals surface area contributed by atoms with Crippen molar-refractivity contribution in [2.45, 2.75) is 24.4 Å². The first-order valence-electron chi connectivity index (χ1n) is 4.98. The molecule has 1 atom stereocenters. The smallest absolute Gasteiger partial charge is 0.333 e. The van der Waals surface area contributed by atoms with Crippen LogP contribution in [0.3, 0.4) is 0 Å². The van der Waals surface area contributed by atoms with Crippen molar-refractivity contribution >= 4 is 5.97 Å². The van der Waals surface area contributed by atoms with Crippen LogP contribution in [0.4, 0.5) is 8.78 Å². The Balaban J connectivity index is 2.51. The number of hydrogen-bond donors (Lipinski definition) is 3. The summed E-state index contributed by atoms with van der Waals surface area (Å²) in [4.78, 5) is 10.7. The Morgan fingerprint density at radius 1 is 1.35 bits per heavy atom. The fourth-order valence-corrected chi connectivity index (χ4v) is 2.01. The highest BCUT2D eigenvalue weighted by molar-refractivity contribution is 5.76. The van der Waals surface area contributed by atoms with Gasteiger partial charge in [-0.05, 0) is 18.9 Å². The van der Waals surface area contributed by atoms with Gasteiger partial charge in [-0.15, -0.1) is 0 Å². The van der Waals surface area contributed by atoms with Gasteiger partial charge >= 0.3 is 5.97 Å². The lowest BCUT2D eigenvalue weighted by Gasteiger charge is -2.20. The van der Waals surface area contributed by atoms with Crippen LogP contribution in [0.1, 0.15) is 18.4 Å². The number of benzene rings is 1. The average molecular weight is 244 g/mol. The number of aliphatic carboxylic acids is 1. The van der Waals surface area contributed by atoms with Crippen molar-refractivity contribution in [3.63, 3.8) is 0 Å². The van der Waals surface area contributed by atoms with Gasteiger partial charge in [0.15, 0.2) is 17.7 Å². The number of carboxylic acid groups (broad SMARTS) is 1. The highest BCUT2D eigenvalue weighted by Crippen LogP contribution is 2.54. The standard InChI is InChI=1S/C11H10F2O4/c12-5-3-6(8(14)7(13)4-5)11(1-2-11)9(15)10(16)17/h3-4,9,14-15H,1-2H2,(H,16,17). The van der Waals surface area contributed by atoms with Crippen molar-refractivity contribution in [2.75, 3.05) is 0 Å². The molecule has 0 bridgehead atoms. The predicted molar refractivity (Wildman–Crippen MR) is 52.6 cm³/mol. The molecule has 4 nitrogen and oxygen atoms in total. The van der Waals surface area contributed by atoms with Crippen LogP contribution in [0, 0.1) is 11.6 Å². The first-order chi connectivity index (χ1) is 7.88. The summed E-state index contributed by atoms with van der Waals surface area (Å²) >= 11 is 0. The highest BCUT2D eigenvalue weighted by atomic mass is 19.1. The van der Waals surface area contributed by atoms with E-state index in [4.69, 9.17) is 5.11 Å². The topological polar surface area (TPSA) is 77.8 Å². The van der Waals surface area contributed by atoms with E-state index in [-0.39, 0.29) is 18.4 Å². The lowest BCUT2D eigenvalue weighted by molar-refractivity contribution is -0.148. The van der Waals surface area contributed by atoms with Crippen molar-refractivity contribution in [3.05, 3.63) is 29.3 Å². The maximum absolute atomic E-state index is 13.1. The molecular formula is C11H10F2O4. The summed E-state index contributed by atoms with van der Waals surface area (Å²) in [6.07, 6.45) is -1.26. The molecule has 1 unspecified atom stereocenters. The average Bonchev–Trinajstić information content (AvgIpc) is 3.03. The lowest BCUT2D eigenvalue weighted by atomic mass is 9.89. The Morgan fingerprint density at radius 2 is 1.94 bits per heavy atom. The molecule has 92 valence electrons. The van der Waals surface area contributed by atoms with Gasteiger partial charge in [0.2, 0.25) is 0 Å². The van der Waals surface area contributed by atoms with Gasteiger partial charge in [-0.2, -0.15) is 0 Å². The molecule has 0 saturated heterocycles. The number of hydrogen-bond acceptors (Lipinski definition) is 3. The molecule has 0 spiro atoms. The minimum absolute atomic E-state index is 0.190. The number of halogens is 2. The van der Waals surface area contributed by atoms with Gasteiger partial charge in [0, 0.05) is 17.0 Å². The van der Waals surface area contributed by atoms with Crippen molar-refractivity contribution in [1.29, 1.82) is 0 Å². The van der Waals surface area contributed by atoms with Gasteiger partial charge in [0.25, 0.3) is 0 Å². The van der Waals surface area contributed by atoms with Crippen molar-refractivity contribution in [1.82, 2.24) is 0 Å². The molecule has 17 heavy (non-hydrogen) atoms. The Kier molecular flexibility index (Phi) is 2.54. The summed E-state index contributed by atoms with van der Waals surface area (Å²) in [6, 6.07) is 1.36. The number of phenolic OH excluding ortho intramolecular Hbond substituents is 1. The van der Waals surface area contributed by atoms with Gasteiger partial charge in [0.1, 0.15) is 5.82 Å². The van der Waals surface area contributed by atoms with Crippen LogP contribution in [0.15, 0.2) is 12.1 Å². The van der Waals surface area contributed by atoms with E-state index in [0.717, 1.165) is 6.07 Å². The van der Waals surface area contributed by atoms with Gasteiger partial charge in [-0.25, -0.2) is 13.6 Å². The Bertz CT molecular complexity index is 483. The monoisotopic (exact) mass is 244 g/mol. The number of carboxylic acids is 1. The Hall–Kier alpha value is -1.69. The molecular weight excluding hydrogens is 234 g/mol. The zero-order chi connectivity index (χ0) is 12.8. The summed E-state index contributed by atoms with van der Waals surface area (Å²) in [5.74, 6) is -4.36. The molecule has 0 amide bonds. The molecule has 6 heteroatoms. The number of aliphatic hydroxyl groups excluding tert-OH is 1. The molecule has 1 saturated carbocycles. The highest BCUT2D eigenvalue weighted by Gasteiger charge is 2.55. The van der Waals surface area contributed by atoms with Gasteiger partial charge in [-0.3, -0.25) is 0 Å². The second kappa shape index (κ2) is 3.66. The summed E-state index contributed by atoms with van der Waals surface area (Å²) < 4.78 is 26.2. The van der Waals surface area contributed by atoms with E-state index in [1.165, 1.54) is 0 Å². The third kappa shape index (κ3) is 1.74. The van der Waals surface area contributed by atoms with Crippen LogP contribution >= 0.6 is 0 Å². The second-order valence-electron chi connectivity index (χ2n) is 4.18. The third-order valence-corrected chi connectivity index (χ3v) is 3.11. The molecule has 3 N–H and O–H groups in total. The maximum Gasteiger partial charge on any atom is 0.333 e. The van der Waals surface area contributed by atoms with Gasteiger partial charge < -0.3 is 15.3 Å².